The van der Waals surface area contributed by atoms with Crippen molar-refractivity contribution in [3.63, 3.8) is 0 Å². The predicted octanol–water partition coefficient (Wildman–Crippen LogP) is 4.95. The lowest BCUT2D eigenvalue weighted by molar-refractivity contribution is -0.696. The molecule has 0 saturated heterocycles. The number of anilines is 1. The van der Waals surface area contributed by atoms with Crippen LogP contribution in [0.4, 0.5) is 17.1 Å². The summed E-state index contributed by atoms with van der Waals surface area (Å²) in [7, 11) is 2.09. The minimum absolute atomic E-state index is 0.887. The Labute approximate surface area is 139 Å². The molecule has 0 unspecified atom stereocenters. The molecule has 0 atom stereocenters. The van der Waals surface area contributed by atoms with Crippen molar-refractivity contribution >= 4 is 17.1 Å². The first-order valence-corrected chi connectivity index (χ1v) is 8.36. The maximum Gasteiger partial charge on any atom is 0.196 e. The zero-order valence-corrected chi connectivity index (χ0v) is 14.7. The molecule has 4 heteroatoms. The quantitative estimate of drug-likeness (QED) is 0.525. The summed E-state index contributed by atoms with van der Waals surface area (Å²) in [5, 5.41) is 8.81. The van der Waals surface area contributed by atoms with Crippen LogP contribution < -0.4 is 9.47 Å². The molecular weight excluding hydrogens is 284 g/mol. The number of aromatic nitrogens is 1. The molecule has 1 aromatic carbocycles. The first kappa shape index (κ1) is 17.1. The van der Waals surface area contributed by atoms with E-state index in [1.54, 1.807) is 0 Å². The third-order valence-electron chi connectivity index (χ3n) is 3.98. The van der Waals surface area contributed by atoms with Crippen molar-refractivity contribution in [2.75, 3.05) is 18.5 Å². The van der Waals surface area contributed by atoms with Crippen molar-refractivity contribution in [3.8, 4) is 0 Å². The fourth-order valence-corrected chi connectivity index (χ4v) is 2.33. The highest BCUT2D eigenvalue weighted by molar-refractivity contribution is 5.57. The Morgan fingerprint density at radius 2 is 1.96 bits per heavy atom. The summed E-state index contributed by atoms with van der Waals surface area (Å²) < 4.78 is 2.17. The second kappa shape index (κ2) is 8.42. The molecule has 0 radical (unpaired) electrons. The number of nitrogens with zero attached hydrogens (tertiary/aromatic N) is 4. The van der Waals surface area contributed by atoms with Crippen molar-refractivity contribution < 1.29 is 4.57 Å². The summed E-state index contributed by atoms with van der Waals surface area (Å²) in [5.74, 6) is 0. The lowest BCUT2D eigenvalue weighted by atomic mass is 10.2. The summed E-state index contributed by atoms with van der Waals surface area (Å²) in [6.07, 6.45) is 6.50. The van der Waals surface area contributed by atoms with Gasteiger partial charge in [0, 0.05) is 31.8 Å². The zero-order valence-electron chi connectivity index (χ0n) is 14.7. The van der Waals surface area contributed by atoms with Gasteiger partial charge in [-0.15, -0.1) is 5.11 Å². The van der Waals surface area contributed by atoms with Gasteiger partial charge >= 0.3 is 0 Å². The van der Waals surface area contributed by atoms with Crippen molar-refractivity contribution in [2.24, 2.45) is 10.2 Å². The van der Waals surface area contributed by atoms with Gasteiger partial charge in [-0.25, -0.2) is 4.57 Å². The molecule has 0 N–H and O–H groups in total. The molecular formula is C19H27N4+. The van der Waals surface area contributed by atoms with Crippen LogP contribution in [-0.4, -0.2) is 13.6 Å². The molecule has 2 aromatic rings. The van der Waals surface area contributed by atoms with Gasteiger partial charge < -0.3 is 4.90 Å². The average molecular weight is 311 g/mol. The molecule has 0 spiro atoms. The van der Waals surface area contributed by atoms with Crippen LogP contribution in [0.5, 0.6) is 0 Å². The Kier molecular flexibility index (Phi) is 6.27. The fraction of sp³-hybridized carbons (Fsp3) is 0.421. The van der Waals surface area contributed by atoms with E-state index in [0.29, 0.717) is 0 Å². The van der Waals surface area contributed by atoms with Gasteiger partial charge in [-0.1, -0.05) is 13.3 Å². The van der Waals surface area contributed by atoms with Gasteiger partial charge in [0.2, 0.25) is 0 Å². The summed E-state index contributed by atoms with van der Waals surface area (Å²) in [6.45, 7) is 8.44. The first-order valence-electron chi connectivity index (χ1n) is 8.36. The molecule has 122 valence electrons. The Balaban J connectivity index is 2.13. The Morgan fingerprint density at radius 3 is 2.65 bits per heavy atom. The van der Waals surface area contributed by atoms with Crippen LogP contribution in [0.15, 0.2) is 53.0 Å². The van der Waals surface area contributed by atoms with E-state index < -0.39 is 0 Å². The van der Waals surface area contributed by atoms with E-state index in [4.69, 9.17) is 0 Å². The van der Waals surface area contributed by atoms with Gasteiger partial charge in [0.15, 0.2) is 12.4 Å². The van der Waals surface area contributed by atoms with Gasteiger partial charge in [-0.2, -0.15) is 5.11 Å². The topological polar surface area (TPSA) is 31.8 Å². The van der Waals surface area contributed by atoms with E-state index in [1.807, 2.05) is 24.4 Å². The maximum atomic E-state index is 4.42. The smallest absolute Gasteiger partial charge is 0.196 e. The first-order chi connectivity index (χ1) is 11.1. The molecule has 0 fully saturated rings. The van der Waals surface area contributed by atoms with Gasteiger partial charge in [-0.3, -0.25) is 0 Å². The number of hydrogen-bond acceptors (Lipinski definition) is 3. The van der Waals surface area contributed by atoms with Crippen LogP contribution in [0.3, 0.4) is 0 Å². The number of aryl methyl sites for hydroxylation is 2. The highest BCUT2D eigenvalue weighted by Gasteiger charge is 2.04. The maximum absolute atomic E-state index is 4.42. The van der Waals surface area contributed by atoms with E-state index >= 15 is 0 Å². The van der Waals surface area contributed by atoms with Crippen molar-refractivity contribution in [2.45, 2.75) is 40.2 Å². The Hall–Kier alpha value is -2.23. The van der Waals surface area contributed by atoms with Crippen LogP contribution in [0, 0.1) is 6.92 Å². The second-order valence-electron chi connectivity index (χ2n) is 5.84. The zero-order chi connectivity index (χ0) is 16.7. The lowest BCUT2D eigenvalue weighted by Gasteiger charge is -2.17. The Morgan fingerprint density at radius 1 is 1.13 bits per heavy atom. The van der Waals surface area contributed by atoms with Gasteiger partial charge in [-0.05, 0) is 43.7 Å². The van der Waals surface area contributed by atoms with E-state index in [2.05, 4.69) is 65.8 Å². The van der Waals surface area contributed by atoms with E-state index in [-0.39, 0.29) is 0 Å². The number of hydrogen-bond donors (Lipinski definition) is 0. The van der Waals surface area contributed by atoms with Gasteiger partial charge in [0.05, 0.1) is 5.69 Å². The molecule has 0 aliphatic rings. The number of rotatable bonds is 7. The van der Waals surface area contributed by atoms with E-state index in [9.17, 15) is 0 Å². The number of pyridine rings is 1. The largest absolute Gasteiger partial charge is 0.375 e. The predicted molar refractivity (Wildman–Crippen MR) is 95.8 cm³/mol. The second-order valence-corrected chi connectivity index (χ2v) is 5.84. The van der Waals surface area contributed by atoms with Crippen molar-refractivity contribution in [3.05, 3.63) is 48.3 Å². The van der Waals surface area contributed by atoms with Crippen LogP contribution in [0.2, 0.25) is 0 Å². The number of benzene rings is 1. The number of unbranched alkanes of at least 4 members (excludes halogenated alkanes) is 1. The summed E-state index contributed by atoms with van der Waals surface area (Å²) in [4.78, 5) is 2.21. The molecule has 4 nitrogen and oxygen atoms in total. The number of azo groups is 1. The summed E-state index contributed by atoms with van der Waals surface area (Å²) >= 11 is 0. The average Bonchev–Trinajstić information content (AvgIpc) is 2.58. The molecule has 1 heterocycles. The minimum atomic E-state index is 0.887. The van der Waals surface area contributed by atoms with Gasteiger partial charge in [0.25, 0.3) is 0 Å². The third-order valence-corrected chi connectivity index (χ3v) is 3.98. The van der Waals surface area contributed by atoms with Crippen LogP contribution in [0.25, 0.3) is 0 Å². The highest BCUT2D eigenvalue weighted by atomic mass is 15.1. The molecule has 0 amide bonds. The minimum Gasteiger partial charge on any atom is -0.375 e. The molecule has 23 heavy (non-hydrogen) atoms. The molecule has 0 aliphatic heterocycles. The molecule has 0 saturated carbocycles. The molecule has 0 aliphatic carbocycles. The Bertz CT molecular complexity index is 664. The van der Waals surface area contributed by atoms with Crippen LogP contribution in [0.1, 0.15) is 32.3 Å². The molecule has 2 rings (SSSR count). The monoisotopic (exact) mass is 311 g/mol. The summed E-state index contributed by atoms with van der Waals surface area (Å²) in [6, 6.07) is 10.3. The van der Waals surface area contributed by atoms with Crippen molar-refractivity contribution in [1.29, 1.82) is 0 Å². The van der Waals surface area contributed by atoms with Crippen LogP contribution >= 0.6 is 0 Å². The van der Waals surface area contributed by atoms with Gasteiger partial charge in [0.1, 0.15) is 12.2 Å². The standard InChI is InChI=1S/C19H27N4/c1-5-7-12-23-13-8-9-17(15-23)20-21-19-11-10-18(14-16(19)3)22(4)6-2/h8-11,13-15H,5-7,12H2,1-4H3/q+1. The third kappa shape index (κ3) is 4.88. The van der Waals surface area contributed by atoms with Crippen molar-refractivity contribution in [1.82, 2.24) is 0 Å². The molecule has 0 bridgehead atoms. The summed E-state index contributed by atoms with van der Waals surface area (Å²) in [5.41, 5.74) is 4.15. The van der Waals surface area contributed by atoms with Crippen LogP contribution in [-0.2, 0) is 6.54 Å². The highest BCUT2D eigenvalue weighted by Crippen LogP contribution is 2.25. The van der Waals surface area contributed by atoms with E-state index in [1.165, 1.54) is 18.5 Å². The normalized spacial score (nSPS) is 11.1. The van der Waals surface area contributed by atoms with E-state index in [0.717, 1.165) is 30.0 Å². The lowest BCUT2D eigenvalue weighted by Crippen LogP contribution is -2.32. The molecule has 1 aromatic heterocycles. The SMILES string of the molecule is CCCC[n+]1cccc(N=Nc2ccc(N(C)CC)cc2C)c1. The fourth-order valence-electron chi connectivity index (χ4n) is 2.33.